The number of likely N-dealkylation sites (N-methyl/N-ethyl adjacent to an activating group) is 3. The predicted molar refractivity (Wildman–Crippen MR) is 264 cm³/mol. The highest BCUT2D eigenvalue weighted by Crippen LogP contribution is 2.32. The van der Waals surface area contributed by atoms with Gasteiger partial charge in [0.1, 0.15) is 11.6 Å². The summed E-state index contributed by atoms with van der Waals surface area (Å²) in [5.41, 5.74) is -0.182. The molecule has 0 saturated carbocycles. The summed E-state index contributed by atoms with van der Waals surface area (Å²) in [6, 6.07) is 7.05. The molecule has 1 aromatic carbocycles. The van der Waals surface area contributed by atoms with Crippen molar-refractivity contribution in [2.75, 3.05) is 75.3 Å². The van der Waals surface area contributed by atoms with Crippen LogP contribution >= 0.6 is 0 Å². The Morgan fingerprint density at radius 3 is 2.00 bits per heavy atom. The van der Waals surface area contributed by atoms with Gasteiger partial charge in [0, 0.05) is 66.7 Å². The lowest BCUT2D eigenvalue weighted by molar-refractivity contribution is -0.150. The third kappa shape index (κ3) is 18.0. The van der Waals surface area contributed by atoms with Crippen molar-refractivity contribution in [3.05, 3.63) is 35.9 Å². The van der Waals surface area contributed by atoms with Gasteiger partial charge in [-0.05, 0) is 63.5 Å². The Balaban J connectivity index is 2.23. The van der Waals surface area contributed by atoms with Gasteiger partial charge in [-0.3, -0.25) is 24.1 Å². The van der Waals surface area contributed by atoms with E-state index in [-0.39, 0.29) is 54.6 Å². The number of carbonyl (C=O) groups is 6. The van der Waals surface area contributed by atoms with Crippen molar-refractivity contribution in [2.24, 2.45) is 29.1 Å². The third-order valence-corrected chi connectivity index (χ3v) is 13.3. The molecular weight excluding hydrogens is 871 g/mol. The second-order valence-electron chi connectivity index (χ2n) is 21.1. The van der Waals surface area contributed by atoms with E-state index in [1.54, 1.807) is 37.9 Å². The van der Waals surface area contributed by atoms with Crippen LogP contribution in [0.2, 0.25) is 0 Å². The second-order valence-corrected chi connectivity index (χ2v) is 21.1. The van der Waals surface area contributed by atoms with Crippen LogP contribution in [0.1, 0.15) is 114 Å². The largest absolute Gasteiger partial charge is 0.467 e. The average molecular weight is 960 g/mol. The number of ketones is 1. The van der Waals surface area contributed by atoms with E-state index in [1.165, 1.54) is 19.1 Å². The van der Waals surface area contributed by atoms with Crippen LogP contribution in [-0.2, 0) is 54.1 Å². The number of esters is 1. The quantitative estimate of drug-likeness (QED) is 0.0775. The third-order valence-electron chi connectivity index (χ3n) is 13.3. The first-order valence-electron chi connectivity index (χ1n) is 24.5. The number of rotatable bonds is 27. The van der Waals surface area contributed by atoms with Crippen molar-refractivity contribution in [3.8, 4) is 0 Å². The lowest BCUT2D eigenvalue weighted by atomic mass is 9.78. The van der Waals surface area contributed by atoms with Gasteiger partial charge in [0.25, 0.3) is 0 Å². The number of carbonyl (C=O) groups excluding carboxylic acids is 6. The molecule has 1 saturated heterocycles. The molecule has 1 heterocycles. The Bertz CT molecular complexity index is 1750. The van der Waals surface area contributed by atoms with Crippen LogP contribution < -0.4 is 5.32 Å². The van der Waals surface area contributed by atoms with Gasteiger partial charge in [0.2, 0.25) is 17.7 Å². The molecule has 9 atom stereocenters. The molecule has 0 spiro atoms. The van der Waals surface area contributed by atoms with Crippen molar-refractivity contribution >= 4 is 35.6 Å². The number of methoxy groups -OCH3 is 3. The zero-order chi connectivity index (χ0) is 51.7. The molecule has 0 bridgehead atoms. The molecule has 2 rings (SSSR count). The summed E-state index contributed by atoms with van der Waals surface area (Å²) in [7, 11) is 9.67. The van der Waals surface area contributed by atoms with Crippen LogP contribution in [0, 0.1) is 29.1 Å². The van der Waals surface area contributed by atoms with Gasteiger partial charge in [-0.1, -0.05) is 92.1 Å². The van der Waals surface area contributed by atoms with E-state index in [4.69, 9.17) is 23.7 Å². The SMILES string of the molecule is CC[C@H](C)[C@@H]([C@@H](CC(=O)N1CCC[C@H]1[C@H](OC)[C@@H](C)C(=O)N[C@@H](Cc1ccccc1)C(=O)OC)OC)N(C)C(=O)[C@@H](CC(=O)[C@@H](N(C)CCOCCN(C)C(=O)OC(C)(C)C)C(C)(C)C)C(C)C. The molecule has 0 unspecified atom stereocenters. The number of ether oxygens (including phenoxy) is 5. The normalized spacial score (nSPS) is 17.9. The van der Waals surface area contributed by atoms with E-state index in [2.05, 4.69) is 5.32 Å². The molecule has 1 aliphatic heterocycles. The first-order valence-corrected chi connectivity index (χ1v) is 24.5. The topological polar surface area (TPSA) is 174 Å². The summed E-state index contributed by atoms with van der Waals surface area (Å²) in [5.74, 6) is -2.93. The molecule has 0 aromatic heterocycles. The van der Waals surface area contributed by atoms with E-state index in [9.17, 15) is 28.8 Å². The first-order chi connectivity index (χ1) is 31.7. The maximum Gasteiger partial charge on any atom is 0.410 e. The summed E-state index contributed by atoms with van der Waals surface area (Å²) in [5, 5.41) is 2.87. The average Bonchev–Trinajstić information content (AvgIpc) is 3.76. The van der Waals surface area contributed by atoms with E-state index in [0.29, 0.717) is 52.1 Å². The summed E-state index contributed by atoms with van der Waals surface area (Å²) < 4.78 is 28.4. The number of nitrogens with one attached hydrogen (secondary N) is 1. The number of likely N-dealkylation sites (tertiary alicyclic amines) is 1. The molecule has 1 N–H and O–H groups in total. The lowest BCUT2D eigenvalue weighted by Crippen LogP contribution is -2.55. The van der Waals surface area contributed by atoms with Crippen LogP contribution in [0.5, 0.6) is 0 Å². The smallest absolute Gasteiger partial charge is 0.410 e. The summed E-state index contributed by atoms with van der Waals surface area (Å²) in [6.07, 6.45) is 0.545. The van der Waals surface area contributed by atoms with Crippen LogP contribution in [0.4, 0.5) is 4.79 Å². The fourth-order valence-corrected chi connectivity index (χ4v) is 9.46. The van der Waals surface area contributed by atoms with Gasteiger partial charge in [-0.15, -0.1) is 0 Å². The number of nitrogens with zero attached hydrogens (tertiary/aromatic N) is 4. The van der Waals surface area contributed by atoms with Crippen molar-refractivity contribution in [1.82, 2.24) is 24.9 Å². The highest BCUT2D eigenvalue weighted by atomic mass is 16.6. The molecule has 16 heteroatoms. The number of Topliss-reactive ketones (excluding diaryl/α,β-unsaturated/α-hetero) is 1. The molecule has 1 aliphatic rings. The standard InChI is InChI=1S/C52H89N5O11/c1-18-35(4)44(56(14)48(61)38(34(2)3)32-41(58)46(51(6,7)8)54(12)27-29-67-30-28-55(13)50(63)68-52(9,10)11)42(64-15)33-43(59)57-26-22-25-40(57)45(65-16)36(5)47(60)53-39(49(62)66-17)31-37-23-20-19-21-24-37/h19-21,23-24,34-36,38-40,42,44-46H,18,22,25-33H2,1-17H3,(H,53,60)/t35-,36+,38-,39-,40-,42+,44-,45+,46+/m0/s1. The lowest BCUT2D eigenvalue weighted by Gasteiger charge is -2.41. The fourth-order valence-electron chi connectivity index (χ4n) is 9.46. The predicted octanol–water partition coefficient (Wildman–Crippen LogP) is 6.27. The molecule has 1 fully saturated rings. The van der Waals surface area contributed by atoms with Gasteiger partial charge < -0.3 is 43.7 Å². The van der Waals surface area contributed by atoms with Crippen molar-refractivity contribution < 1.29 is 52.5 Å². The monoisotopic (exact) mass is 960 g/mol. The van der Waals surface area contributed by atoms with Crippen LogP contribution in [0.15, 0.2) is 30.3 Å². The number of hydrogen-bond donors (Lipinski definition) is 1. The molecule has 388 valence electrons. The zero-order valence-electron chi connectivity index (χ0n) is 44.7. The minimum Gasteiger partial charge on any atom is -0.467 e. The highest BCUT2D eigenvalue weighted by molar-refractivity contribution is 5.90. The van der Waals surface area contributed by atoms with Gasteiger partial charge in [-0.2, -0.15) is 0 Å². The molecular formula is C52H89N5O11. The Labute approximate surface area is 408 Å². The molecule has 4 amide bonds. The van der Waals surface area contributed by atoms with E-state index in [0.717, 1.165) is 5.56 Å². The minimum absolute atomic E-state index is 0.0142. The maximum absolute atomic E-state index is 14.7. The molecule has 1 aromatic rings. The minimum atomic E-state index is -0.908. The van der Waals surface area contributed by atoms with Crippen LogP contribution in [0.3, 0.4) is 0 Å². The Morgan fingerprint density at radius 1 is 0.853 bits per heavy atom. The van der Waals surface area contributed by atoms with Crippen molar-refractivity contribution in [3.63, 3.8) is 0 Å². The second kappa shape index (κ2) is 27.9. The van der Waals surface area contributed by atoms with Gasteiger partial charge in [-0.25, -0.2) is 9.59 Å². The number of benzene rings is 1. The Kier molecular flexibility index (Phi) is 24.6. The van der Waals surface area contributed by atoms with E-state index in [1.807, 2.05) is 112 Å². The molecule has 0 aliphatic carbocycles. The number of amides is 4. The summed E-state index contributed by atoms with van der Waals surface area (Å²) in [4.78, 5) is 89.4. The van der Waals surface area contributed by atoms with Crippen LogP contribution in [-0.4, -0.2) is 172 Å². The molecule has 0 radical (unpaired) electrons. The highest BCUT2D eigenvalue weighted by Gasteiger charge is 2.44. The van der Waals surface area contributed by atoms with E-state index >= 15 is 0 Å². The van der Waals surface area contributed by atoms with E-state index < -0.39 is 71.3 Å². The zero-order valence-corrected chi connectivity index (χ0v) is 44.7. The Hall–Kier alpha value is -4.12. The van der Waals surface area contributed by atoms with Gasteiger partial charge in [0.05, 0.1) is 63.0 Å². The summed E-state index contributed by atoms with van der Waals surface area (Å²) in [6.45, 7) is 23.2. The Morgan fingerprint density at radius 2 is 1.47 bits per heavy atom. The van der Waals surface area contributed by atoms with Crippen molar-refractivity contribution in [1.29, 1.82) is 0 Å². The van der Waals surface area contributed by atoms with Gasteiger partial charge >= 0.3 is 12.1 Å². The van der Waals surface area contributed by atoms with Gasteiger partial charge in [0.15, 0.2) is 5.78 Å². The van der Waals surface area contributed by atoms with Crippen molar-refractivity contribution in [2.45, 2.75) is 157 Å². The maximum atomic E-state index is 14.7. The fraction of sp³-hybridized carbons (Fsp3) is 0.769. The van der Waals surface area contributed by atoms with Crippen LogP contribution in [0.25, 0.3) is 0 Å². The molecule has 68 heavy (non-hydrogen) atoms. The first kappa shape index (κ1) is 60.0. The number of hydrogen-bond acceptors (Lipinski definition) is 12. The summed E-state index contributed by atoms with van der Waals surface area (Å²) >= 11 is 0. The molecule has 16 nitrogen and oxygen atoms in total.